The van der Waals surface area contributed by atoms with Crippen LogP contribution in [0.3, 0.4) is 0 Å². The van der Waals surface area contributed by atoms with E-state index in [0.29, 0.717) is 27.8 Å². The minimum atomic E-state index is -0.315. The van der Waals surface area contributed by atoms with Crippen molar-refractivity contribution in [2.24, 2.45) is 0 Å². The molecule has 0 fully saturated rings. The maximum atomic E-state index is 12.3. The van der Waals surface area contributed by atoms with E-state index in [1.54, 1.807) is 36.5 Å². The lowest BCUT2D eigenvalue weighted by Gasteiger charge is -2.11. The van der Waals surface area contributed by atoms with Gasteiger partial charge in [0.1, 0.15) is 0 Å². The average molecular weight is 362 g/mol. The van der Waals surface area contributed by atoms with Crippen LogP contribution in [-0.4, -0.2) is 23.3 Å². The van der Waals surface area contributed by atoms with Gasteiger partial charge in [0, 0.05) is 23.4 Å². The Morgan fingerprint density at radius 1 is 1.18 bits per heavy atom. The molecule has 1 aromatic heterocycles. The maximum absolute atomic E-state index is 12.3. The standard InChI is InChI=1S/C16H16BrN3O2/c1-2-7-19-16(22)13-5-3-4-6-14(13)20-15(21)11-8-12(17)10-18-9-11/h3-6,8-10H,2,7H2,1H3,(H,19,22)(H,20,21). The Morgan fingerprint density at radius 2 is 1.95 bits per heavy atom. The summed E-state index contributed by atoms with van der Waals surface area (Å²) in [5, 5.41) is 5.55. The number of pyridine rings is 1. The fourth-order valence-corrected chi connectivity index (χ4v) is 2.22. The Balaban J connectivity index is 2.19. The smallest absolute Gasteiger partial charge is 0.257 e. The highest BCUT2D eigenvalue weighted by atomic mass is 79.9. The van der Waals surface area contributed by atoms with Gasteiger partial charge in [0.05, 0.1) is 16.8 Å². The molecule has 0 aliphatic rings. The van der Waals surface area contributed by atoms with E-state index in [-0.39, 0.29) is 11.8 Å². The molecule has 22 heavy (non-hydrogen) atoms. The van der Waals surface area contributed by atoms with E-state index >= 15 is 0 Å². The molecule has 1 aromatic carbocycles. The van der Waals surface area contributed by atoms with Gasteiger partial charge in [0.25, 0.3) is 11.8 Å². The van der Waals surface area contributed by atoms with Crippen molar-refractivity contribution in [1.29, 1.82) is 0 Å². The monoisotopic (exact) mass is 361 g/mol. The number of hydrogen-bond acceptors (Lipinski definition) is 3. The molecule has 0 aliphatic heterocycles. The maximum Gasteiger partial charge on any atom is 0.257 e. The zero-order valence-electron chi connectivity index (χ0n) is 12.1. The Bertz CT molecular complexity index is 689. The van der Waals surface area contributed by atoms with Crippen molar-refractivity contribution in [3.8, 4) is 0 Å². The number of rotatable bonds is 5. The summed E-state index contributed by atoms with van der Waals surface area (Å²) < 4.78 is 0.717. The largest absolute Gasteiger partial charge is 0.352 e. The molecule has 2 amide bonds. The molecule has 6 heteroatoms. The number of carbonyl (C=O) groups excluding carboxylic acids is 2. The summed E-state index contributed by atoms with van der Waals surface area (Å²) in [7, 11) is 0. The van der Waals surface area contributed by atoms with Gasteiger partial charge < -0.3 is 10.6 Å². The van der Waals surface area contributed by atoms with Crippen LogP contribution in [0.1, 0.15) is 34.1 Å². The quantitative estimate of drug-likeness (QED) is 0.858. The summed E-state index contributed by atoms with van der Waals surface area (Å²) in [6.45, 7) is 2.57. The van der Waals surface area contributed by atoms with Crippen LogP contribution < -0.4 is 10.6 Å². The summed E-state index contributed by atoms with van der Waals surface area (Å²) in [5.41, 5.74) is 1.33. The molecule has 0 aliphatic carbocycles. The molecule has 0 atom stereocenters. The van der Waals surface area contributed by atoms with Gasteiger partial charge in [-0.2, -0.15) is 0 Å². The van der Waals surface area contributed by atoms with Crippen molar-refractivity contribution in [1.82, 2.24) is 10.3 Å². The van der Waals surface area contributed by atoms with Gasteiger partial charge in [-0.15, -0.1) is 0 Å². The normalized spacial score (nSPS) is 10.1. The number of aromatic nitrogens is 1. The first-order valence-electron chi connectivity index (χ1n) is 6.91. The van der Waals surface area contributed by atoms with Crippen LogP contribution in [0.2, 0.25) is 0 Å². The number of hydrogen-bond donors (Lipinski definition) is 2. The molecule has 114 valence electrons. The second kappa shape index (κ2) is 7.70. The molecule has 0 radical (unpaired) electrons. The molecule has 0 unspecified atom stereocenters. The molecule has 2 N–H and O–H groups in total. The Morgan fingerprint density at radius 3 is 2.68 bits per heavy atom. The molecular weight excluding hydrogens is 346 g/mol. The molecule has 0 saturated heterocycles. The van der Waals surface area contributed by atoms with E-state index in [2.05, 4.69) is 31.5 Å². The van der Waals surface area contributed by atoms with E-state index in [0.717, 1.165) is 6.42 Å². The van der Waals surface area contributed by atoms with Crippen molar-refractivity contribution in [3.63, 3.8) is 0 Å². The Hall–Kier alpha value is -2.21. The summed E-state index contributed by atoms with van der Waals surface area (Å²) in [6, 6.07) is 8.58. The van der Waals surface area contributed by atoms with Gasteiger partial charge in [-0.3, -0.25) is 14.6 Å². The van der Waals surface area contributed by atoms with Crippen molar-refractivity contribution in [2.45, 2.75) is 13.3 Å². The third-order valence-electron chi connectivity index (χ3n) is 2.92. The van der Waals surface area contributed by atoms with Gasteiger partial charge in [-0.25, -0.2) is 0 Å². The average Bonchev–Trinajstić information content (AvgIpc) is 2.53. The molecular formula is C16H16BrN3O2. The highest BCUT2D eigenvalue weighted by Gasteiger charge is 2.13. The summed E-state index contributed by atoms with van der Waals surface area (Å²) >= 11 is 3.28. The van der Waals surface area contributed by atoms with Crippen LogP contribution in [0.4, 0.5) is 5.69 Å². The van der Waals surface area contributed by atoms with Crippen molar-refractivity contribution in [3.05, 3.63) is 58.3 Å². The van der Waals surface area contributed by atoms with Gasteiger partial charge in [-0.1, -0.05) is 19.1 Å². The fourth-order valence-electron chi connectivity index (χ4n) is 1.85. The van der Waals surface area contributed by atoms with Gasteiger partial charge in [-0.05, 0) is 40.5 Å². The molecule has 2 rings (SSSR count). The fraction of sp³-hybridized carbons (Fsp3) is 0.188. The molecule has 0 spiro atoms. The predicted molar refractivity (Wildman–Crippen MR) is 89.0 cm³/mol. The number of benzene rings is 1. The minimum absolute atomic E-state index is 0.204. The summed E-state index contributed by atoms with van der Waals surface area (Å²) in [4.78, 5) is 28.3. The van der Waals surface area contributed by atoms with Crippen LogP contribution in [0.25, 0.3) is 0 Å². The number of nitrogens with zero attached hydrogens (tertiary/aromatic N) is 1. The second-order valence-corrected chi connectivity index (χ2v) is 5.56. The Kier molecular flexibility index (Phi) is 5.66. The summed E-state index contributed by atoms with van der Waals surface area (Å²) in [5.74, 6) is -0.519. The lowest BCUT2D eigenvalue weighted by atomic mass is 10.1. The third-order valence-corrected chi connectivity index (χ3v) is 3.36. The lowest BCUT2D eigenvalue weighted by molar-refractivity contribution is 0.0954. The van der Waals surface area contributed by atoms with Crippen molar-refractivity contribution >= 4 is 33.4 Å². The molecule has 0 bridgehead atoms. The molecule has 5 nitrogen and oxygen atoms in total. The van der Waals surface area contributed by atoms with Gasteiger partial charge in [0.15, 0.2) is 0 Å². The number of para-hydroxylation sites is 1. The zero-order valence-corrected chi connectivity index (χ0v) is 13.7. The van der Waals surface area contributed by atoms with Crippen molar-refractivity contribution in [2.75, 3.05) is 11.9 Å². The first-order chi connectivity index (χ1) is 10.6. The summed E-state index contributed by atoms with van der Waals surface area (Å²) in [6.07, 6.45) is 3.92. The lowest BCUT2D eigenvalue weighted by Crippen LogP contribution is -2.25. The van der Waals surface area contributed by atoms with E-state index in [1.807, 2.05) is 6.92 Å². The molecule has 0 saturated carbocycles. The van der Waals surface area contributed by atoms with E-state index < -0.39 is 0 Å². The minimum Gasteiger partial charge on any atom is -0.352 e. The van der Waals surface area contributed by atoms with Gasteiger partial charge >= 0.3 is 0 Å². The topological polar surface area (TPSA) is 71.1 Å². The number of anilines is 1. The second-order valence-electron chi connectivity index (χ2n) is 4.65. The van der Waals surface area contributed by atoms with Crippen LogP contribution >= 0.6 is 15.9 Å². The van der Waals surface area contributed by atoms with E-state index in [9.17, 15) is 9.59 Å². The highest BCUT2D eigenvalue weighted by Crippen LogP contribution is 2.17. The predicted octanol–water partition coefficient (Wildman–Crippen LogP) is 3.24. The van der Waals surface area contributed by atoms with E-state index in [4.69, 9.17) is 0 Å². The van der Waals surface area contributed by atoms with Gasteiger partial charge in [0.2, 0.25) is 0 Å². The number of carbonyl (C=O) groups is 2. The van der Waals surface area contributed by atoms with Crippen molar-refractivity contribution < 1.29 is 9.59 Å². The molecule has 1 heterocycles. The van der Waals surface area contributed by atoms with Crippen LogP contribution in [0.15, 0.2) is 47.2 Å². The van der Waals surface area contributed by atoms with Crippen LogP contribution in [-0.2, 0) is 0 Å². The highest BCUT2D eigenvalue weighted by molar-refractivity contribution is 9.10. The van der Waals surface area contributed by atoms with Crippen LogP contribution in [0.5, 0.6) is 0 Å². The third kappa shape index (κ3) is 4.14. The number of halogens is 1. The Labute approximate surface area is 137 Å². The molecule has 2 aromatic rings. The van der Waals surface area contributed by atoms with Crippen LogP contribution in [0, 0.1) is 0 Å². The number of nitrogens with one attached hydrogen (secondary N) is 2. The number of amides is 2. The SMILES string of the molecule is CCCNC(=O)c1ccccc1NC(=O)c1cncc(Br)c1. The zero-order chi connectivity index (χ0) is 15.9. The first-order valence-corrected chi connectivity index (χ1v) is 7.70. The first kappa shape index (κ1) is 16.2. The van der Waals surface area contributed by atoms with E-state index in [1.165, 1.54) is 6.20 Å².